The van der Waals surface area contributed by atoms with Crippen LogP contribution in [-0.2, 0) is 0 Å². The van der Waals surface area contributed by atoms with Crippen molar-refractivity contribution in [3.05, 3.63) is 72.7 Å². The minimum atomic E-state index is 0.521. The SMILES string of the molecule is Cc1cc(Oc2ccc(Nc3ccccc3)cc2)n2ncnc2n1. The van der Waals surface area contributed by atoms with Crippen LogP contribution in [0.2, 0.25) is 0 Å². The molecule has 6 heteroatoms. The fourth-order valence-corrected chi connectivity index (χ4v) is 2.38. The summed E-state index contributed by atoms with van der Waals surface area (Å²) in [6.07, 6.45) is 1.46. The van der Waals surface area contributed by atoms with Crippen LogP contribution >= 0.6 is 0 Å². The van der Waals surface area contributed by atoms with E-state index in [9.17, 15) is 0 Å². The smallest absolute Gasteiger partial charge is 0.255 e. The Bertz CT molecular complexity index is 964. The van der Waals surface area contributed by atoms with Crippen LogP contribution in [0, 0.1) is 6.92 Å². The lowest BCUT2D eigenvalue weighted by Gasteiger charge is -2.09. The minimum Gasteiger partial charge on any atom is -0.439 e. The summed E-state index contributed by atoms with van der Waals surface area (Å²) in [4.78, 5) is 8.39. The highest BCUT2D eigenvalue weighted by Gasteiger charge is 2.07. The molecule has 2 aromatic heterocycles. The fourth-order valence-electron chi connectivity index (χ4n) is 2.38. The van der Waals surface area contributed by atoms with E-state index in [2.05, 4.69) is 20.4 Å². The molecule has 2 aromatic carbocycles. The molecule has 2 heterocycles. The highest BCUT2D eigenvalue weighted by atomic mass is 16.5. The van der Waals surface area contributed by atoms with E-state index in [1.54, 1.807) is 4.52 Å². The Morgan fingerprint density at radius 1 is 0.958 bits per heavy atom. The van der Waals surface area contributed by atoms with Crippen molar-refractivity contribution >= 4 is 17.2 Å². The van der Waals surface area contributed by atoms with Crippen molar-refractivity contribution in [1.82, 2.24) is 19.6 Å². The first-order valence-corrected chi connectivity index (χ1v) is 7.55. The van der Waals surface area contributed by atoms with E-state index < -0.39 is 0 Å². The number of benzene rings is 2. The predicted octanol–water partition coefficient (Wildman–Crippen LogP) is 3.97. The zero-order chi connectivity index (χ0) is 16.4. The summed E-state index contributed by atoms with van der Waals surface area (Å²) in [6.45, 7) is 1.90. The molecule has 0 radical (unpaired) electrons. The Kier molecular flexibility index (Phi) is 3.55. The second-order valence-electron chi connectivity index (χ2n) is 5.33. The second kappa shape index (κ2) is 6.00. The normalized spacial score (nSPS) is 10.7. The van der Waals surface area contributed by atoms with E-state index in [1.165, 1.54) is 6.33 Å². The van der Waals surface area contributed by atoms with E-state index >= 15 is 0 Å². The molecule has 0 amide bonds. The van der Waals surface area contributed by atoms with Gasteiger partial charge in [-0.05, 0) is 43.3 Å². The van der Waals surface area contributed by atoms with E-state index in [1.807, 2.05) is 67.6 Å². The van der Waals surface area contributed by atoms with Gasteiger partial charge < -0.3 is 10.1 Å². The summed E-state index contributed by atoms with van der Waals surface area (Å²) in [5.74, 6) is 1.82. The number of anilines is 2. The molecule has 0 aliphatic carbocycles. The monoisotopic (exact) mass is 317 g/mol. The van der Waals surface area contributed by atoms with Crippen LogP contribution in [0.5, 0.6) is 11.6 Å². The van der Waals surface area contributed by atoms with Crippen molar-refractivity contribution in [3.8, 4) is 11.6 Å². The number of nitrogens with zero attached hydrogens (tertiary/aromatic N) is 4. The maximum absolute atomic E-state index is 5.93. The highest BCUT2D eigenvalue weighted by Crippen LogP contribution is 2.24. The Hall–Kier alpha value is -3.41. The lowest BCUT2D eigenvalue weighted by Crippen LogP contribution is -1.99. The molecule has 4 rings (SSSR count). The third-order valence-electron chi connectivity index (χ3n) is 3.49. The predicted molar refractivity (Wildman–Crippen MR) is 91.8 cm³/mol. The molecule has 0 unspecified atom stereocenters. The third-order valence-corrected chi connectivity index (χ3v) is 3.49. The van der Waals surface area contributed by atoms with Crippen molar-refractivity contribution < 1.29 is 4.74 Å². The van der Waals surface area contributed by atoms with Gasteiger partial charge in [-0.25, -0.2) is 4.98 Å². The molecule has 0 saturated carbocycles. The molecule has 0 aliphatic heterocycles. The lowest BCUT2D eigenvalue weighted by atomic mass is 10.2. The third kappa shape index (κ3) is 2.89. The topological polar surface area (TPSA) is 64.3 Å². The standard InChI is InChI=1S/C18H15N5O/c1-13-11-17(23-18(21-13)19-12-20-23)24-16-9-7-15(8-10-16)22-14-5-3-2-4-6-14/h2-12,22H,1H3. The summed E-state index contributed by atoms with van der Waals surface area (Å²) in [5, 5.41) is 7.47. The largest absolute Gasteiger partial charge is 0.439 e. The summed E-state index contributed by atoms with van der Waals surface area (Å²) in [6, 6.07) is 19.6. The molecular formula is C18H15N5O. The van der Waals surface area contributed by atoms with Crippen molar-refractivity contribution in [3.63, 3.8) is 0 Å². The molecule has 6 nitrogen and oxygen atoms in total. The first-order valence-electron chi connectivity index (χ1n) is 7.55. The summed E-state index contributed by atoms with van der Waals surface area (Å²) in [5.41, 5.74) is 2.86. The van der Waals surface area contributed by atoms with Crippen molar-refractivity contribution in [2.45, 2.75) is 6.92 Å². The number of aromatic nitrogens is 4. The average molecular weight is 317 g/mol. The molecule has 0 fully saturated rings. The number of nitrogens with one attached hydrogen (secondary N) is 1. The highest BCUT2D eigenvalue weighted by molar-refractivity contribution is 5.60. The number of hydrogen-bond acceptors (Lipinski definition) is 5. The van der Waals surface area contributed by atoms with Gasteiger partial charge in [0.05, 0.1) is 0 Å². The van der Waals surface area contributed by atoms with Crippen LogP contribution in [0.15, 0.2) is 67.0 Å². The first-order chi connectivity index (χ1) is 11.8. The van der Waals surface area contributed by atoms with Gasteiger partial charge in [0.1, 0.15) is 12.1 Å². The molecule has 118 valence electrons. The van der Waals surface area contributed by atoms with E-state index in [0.29, 0.717) is 11.7 Å². The van der Waals surface area contributed by atoms with Crippen molar-refractivity contribution in [2.75, 3.05) is 5.32 Å². The van der Waals surface area contributed by atoms with Crippen LogP contribution in [0.3, 0.4) is 0 Å². The quantitative estimate of drug-likeness (QED) is 0.617. The zero-order valence-corrected chi connectivity index (χ0v) is 13.0. The summed E-state index contributed by atoms with van der Waals surface area (Å²) >= 11 is 0. The lowest BCUT2D eigenvalue weighted by molar-refractivity contribution is 0.445. The van der Waals surface area contributed by atoms with Gasteiger partial charge in [-0.3, -0.25) is 0 Å². The van der Waals surface area contributed by atoms with Gasteiger partial charge in [0.25, 0.3) is 5.78 Å². The zero-order valence-electron chi connectivity index (χ0n) is 13.0. The fraction of sp³-hybridized carbons (Fsp3) is 0.0556. The molecule has 0 saturated heterocycles. The molecular weight excluding hydrogens is 302 g/mol. The number of aryl methyl sites for hydroxylation is 1. The van der Waals surface area contributed by atoms with E-state index in [4.69, 9.17) is 4.74 Å². The molecule has 0 bridgehead atoms. The molecule has 0 aliphatic rings. The van der Waals surface area contributed by atoms with Gasteiger partial charge in [0, 0.05) is 23.1 Å². The summed E-state index contributed by atoms with van der Waals surface area (Å²) < 4.78 is 7.50. The number of fused-ring (bicyclic) bond motifs is 1. The van der Waals surface area contributed by atoms with Gasteiger partial charge in [0.2, 0.25) is 5.88 Å². The maximum Gasteiger partial charge on any atom is 0.255 e. The second-order valence-corrected chi connectivity index (χ2v) is 5.33. The number of para-hydroxylation sites is 1. The molecule has 1 N–H and O–H groups in total. The van der Waals surface area contributed by atoms with E-state index in [0.717, 1.165) is 22.8 Å². The number of rotatable bonds is 4. The Morgan fingerprint density at radius 2 is 1.71 bits per heavy atom. The number of hydrogen-bond donors (Lipinski definition) is 1. The molecule has 24 heavy (non-hydrogen) atoms. The molecule has 0 atom stereocenters. The van der Waals surface area contributed by atoms with Gasteiger partial charge >= 0.3 is 0 Å². The molecule has 4 aromatic rings. The Balaban J connectivity index is 1.56. The van der Waals surface area contributed by atoms with Crippen LogP contribution in [0.1, 0.15) is 5.69 Å². The van der Waals surface area contributed by atoms with Gasteiger partial charge in [-0.2, -0.15) is 14.6 Å². The van der Waals surface area contributed by atoms with Gasteiger partial charge in [-0.1, -0.05) is 18.2 Å². The van der Waals surface area contributed by atoms with Gasteiger partial charge in [-0.15, -0.1) is 0 Å². The summed E-state index contributed by atoms with van der Waals surface area (Å²) in [7, 11) is 0. The Morgan fingerprint density at radius 3 is 2.50 bits per heavy atom. The van der Waals surface area contributed by atoms with Crippen molar-refractivity contribution in [1.29, 1.82) is 0 Å². The Labute approximate surface area is 138 Å². The maximum atomic E-state index is 5.93. The van der Waals surface area contributed by atoms with Crippen molar-refractivity contribution in [2.24, 2.45) is 0 Å². The van der Waals surface area contributed by atoms with Crippen LogP contribution in [0.4, 0.5) is 11.4 Å². The van der Waals surface area contributed by atoms with Gasteiger partial charge in [0.15, 0.2) is 0 Å². The van der Waals surface area contributed by atoms with Crippen LogP contribution in [0.25, 0.3) is 5.78 Å². The minimum absolute atomic E-state index is 0.521. The van der Waals surface area contributed by atoms with E-state index in [-0.39, 0.29) is 0 Å². The average Bonchev–Trinajstić information content (AvgIpc) is 3.06. The molecule has 0 spiro atoms. The van der Waals surface area contributed by atoms with Crippen LogP contribution in [-0.4, -0.2) is 19.6 Å². The first kappa shape index (κ1) is 14.2. The van der Waals surface area contributed by atoms with Crippen LogP contribution < -0.4 is 10.1 Å². The number of ether oxygens (including phenoxy) is 1.